The molecular weight excluding hydrogens is 184 g/mol. The molecule has 0 spiro atoms. The summed E-state index contributed by atoms with van der Waals surface area (Å²) in [5.74, 6) is 1.39. The maximum atomic E-state index is 10.6. The van der Waals surface area contributed by atoms with Crippen molar-refractivity contribution >= 4 is 17.5 Å². The average Bonchev–Trinajstić information content (AvgIpc) is 2.03. The minimum absolute atomic E-state index is 0.279. The predicted octanol–water partition coefficient (Wildman–Crippen LogP) is 2.25. The summed E-state index contributed by atoms with van der Waals surface area (Å²) in [6.07, 6.45) is 3.71. The summed E-state index contributed by atoms with van der Waals surface area (Å²) >= 11 is 1.88. The van der Waals surface area contributed by atoms with Crippen LogP contribution in [-0.4, -0.2) is 28.5 Å². The number of rotatable bonds is 8. The smallest absolute Gasteiger partial charge is 0.129 e. The molecule has 0 heterocycles. The van der Waals surface area contributed by atoms with Crippen molar-refractivity contribution < 1.29 is 9.90 Å². The summed E-state index contributed by atoms with van der Waals surface area (Å²) in [5.41, 5.74) is 0. The van der Waals surface area contributed by atoms with Crippen LogP contribution in [0.2, 0.25) is 0 Å². The van der Waals surface area contributed by atoms with Crippen LogP contribution in [0.3, 0.4) is 0 Å². The normalized spacial score (nSPS) is 12.8. The van der Waals surface area contributed by atoms with Gasteiger partial charge in [0.25, 0.3) is 0 Å². The van der Waals surface area contributed by atoms with E-state index < -0.39 is 0 Å². The monoisotopic (exact) mass is 204 g/mol. The molecule has 0 aliphatic carbocycles. The summed E-state index contributed by atoms with van der Waals surface area (Å²) in [4.78, 5) is 10.6. The minimum Gasteiger partial charge on any atom is -0.396 e. The maximum absolute atomic E-state index is 10.6. The highest BCUT2D eigenvalue weighted by molar-refractivity contribution is 7.99. The highest BCUT2D eigenvalue weighted by Crippen LogP contribution is 2.15. The lowest BCUT2D eigenvalue weighted by atomic mass is 10.2. The van der Waals surface area contributed by atoms with Crippen molar-refractivity contribution in [3.05, 3.63) is 0 Å². The van der Waals surface area contributed by atoms with Gasteiger partial charge in [0.15, 0.2) is 0 Å². The van der Waals surface area contributed by atoms with Gasteiger partial charge < -0.3 is 9.90 Å². The Balaban J connectivity index is 3.11. The molecule has 0 radical (unpaired) electrons. The molecule has 0 bridgehead atoms. The number of aliphatic hydroxyl groups excluding tert-OH is 1. The van der Waals surface area contributed by atoms with Crippen LogP contribution in [0.5, 0.6) is 0 Å². The Hall–Kier alpha value is -0.0200. The van der Waals surface area contributed by atoms with Gasteiger partial charge in [0.05, 0.1) is 0 Å². The molecule has 0 saturated carbocycles. The number of carbonyl (C=O) groups excluding carboxylic acids is 1. The van der Waals surface area contributed by atoms with Crippen LogP contribution < -0.4 is 0 Å². The number of thioether (sulfide) groups is 1. The van der Waals surface area contributed by atoms with E-state index in [9.17, 15) is 4.79 Å². The first kappa shape index (κ1) is 13.0. The van der Waals surface area contributed by atoms with Gasteiger partial charge in [0.2, 0.25) is 0 Å². The van der Waals surface area contributed by atoms with Crippen molar-refractivity contribution in [2.45, 2.75) is 44.8 Å². The molecule has 1 unspecified atom stereocenters. The lowest BCUT2D eigenvalue weighted by Crippen LogP contribution is -2.00. The molecule has 0 aliphatic heterocycles. The molecule has 0 saturated heterocycles. The van der Waals surface area contributed by atoms with E-state index in [2.05, 4.69) is 6.92 Å². The molecule has 0 aromatic heterocycles. The van der Waals surface area contributed by atoms with Crippen LogP contribution in [-0.2, 0) is 4.79 Å². The first-order chi connectivity index (χ1) is 6.16. The number of carbonyl (C=O) groups is 1. The molecule has 13 heavy (non-hydrogen) atoms. The zero-order valence-corrected chi connectivity index (χ0v) is 9.40. The number of ketones is 1. The fourth-order valence-corrected chi connectivity index (χ4v) is 2.07. The van der Waals surface area contributed by atoms with Crippen molar-refractivity contribution in [2.24, 2.45) is 0 Å². The third-order valence-corrected chi connectivity index (χ3v) is 3.19. The number of hydrogen-bond donors (Lipinski definition) is 1. The highest BCUT2D eigenvalue weighted by Gasteiger charge is 2.01. The number of unbranched alkanes of at least 4 members (excludes halogenated alkanes) is 1. The van der Waals surface area contributed by atoms with Crippen LogP contribution in [0.4, 0.5) is 0 Å². The number of Topliss-reactive ketones (excluding diaryl/α,β-unsaturated/α-hetero) is 1. The molecule has 0 aromatic carbocycles. The van der Waals surface area contributed by atoms with Gasteiger partial charge in [-0.2, -0.15) is 11.8 Å². The second-order valence-corrected chi connectivity index (χ2v) is 4.90. The SMILES string of the molecule is CC(=O)CCCCSC(C)CCO. The van der Waals surface area contributed by atoms with Crippen LogP contribution in [0, 0.1) is 0 Å². The lowest BCUT2D eigenvalue weighted by molar-refractivity contribution is -0.117. The molecule has 0 aromatic rings. The summed E-state index contributed by atoms with van der Waals surface area (Å²) in [7, 11) is 0. The summed E-state index contributed by atoms with van der Waals surface area (Å²) in [6, 6.07) is 0. The minimum atomic E-state index is 0.279. The summed E-state index contributed by atoms with van der Waals surface area (Å²) < 4.78 is 0. The third-order valence-electron chi connectivity index (χ3n) is 1.86. The van der Waals surface area contributed by atoms with Crippen LogP contribution in [0.1, 0.15) is 39.5 Å². The molecule has 78 valence electrons. The quantitative estimate of drug-likeness (QED) is 0.616. The largest absolute Gasteiger partial charge is 0.396 e. The molecule has 0 fully saturated rings. The summed E-state index contributed by atoms with van der Waals surface area (Å²) in [6.45, 7) is 4.05. The predicted molar refractivity (Wildman–Crippen MR) is 58.2 cm³/mol. The number of hydrogen-bond acceptors (Lipinski definition) is 3. The zero-order valence-electron chi connectivity index (χ0n) is 8.58. The van der Waals surface area contributed by atoms with E-state index in [0.29, 0.717) is 5.25 Å². The van der Waals surface area contributed by atoms with Crippen molar-refractivity contribution in [3.8, 4) is 0 Å². The molecule has 1 N–H and O–H groups in total. The Morgan fingerprint density at radius 1 is 1.46 bits per heavy atom. The fraction of sp³-hybridized carbons (Fsp3) is 0.900. The van der Waals surface area contributed by atoms with Gasteiger partial charge >= 0.3 is 0 Å². The van der Waals surface area contributed by atoms with E-state index in [1.54, 1.807) is 6.92 Å². The van der Waals surface area contributed by atoms with Gasteiger partial charge in [-0.1, -0.05) is 6.92 Å². The van der Waals surface area contributed by atoms with Gasteiger partial charge in [0.1, 0.15) is 5.78 Å². The van der Waals surface area contributed by atoms with E-state index >= 15 is 0 Å². The van der Waals surface area contributed by atoms with Gasteiger partial charge in [-0.15, -0.1) is 0 Å². The van der Waals surface area contributed by atoms with Gasteiger partial charge in [-0.25, -0.2) is 0 Å². The first-order valence-electron chi connectivity index (χ1n) is 4.88. The van der Waals surface area contributed by atoms with Gasteiger partial charge in [-0.05, 0) is 31.9 Å². The Bertz CT molecular complexity index is 137. The van der Waals surface area contributed by atoms with Crippen LogP contribution in [0.15, 0.2) is 0 Å². The Labute approximate surface area is 85.1 Å². The van der Waals surface area contributed by atoms with E-state index in [1.165, 1.54) is 0 Å². The topological polar surface area (TPSA) is 37.3 Å². The highest BCUT2D eigenvalue weighted by atomic mass is 32.2. The first-order valence-corrected chi connectivity index (χ1v) is 5.93. The second-order valence-electron chi connectivity index (χ2n) is 3.35. The molecule has 2 nitrogen and oxygen atoms in total. The second kappa shape index (κ2) is 8.57. The molecular formula is C10H20O2S. The van der Waals surface area contributed by atoms with E-state index in [1.807, 2.05) is 11.8 Å². The fourth-order valence-electron chi connectivity index (χ4n) is 1.03. The Morgan fingerprint density at radius 3 is 2.69 bits per heavy atom. The van der Waals surface area contributed by atoms with Gasteiger partial charge in [-0.3, -0.25) is 0 Å². The summed E-state index contributed by atoms with van der Waals surface area (Å²) in [5, 5.41) is 9.20. The maximum Gasteiger partial charge on any atom is 0.129 e. The lowest BCUT2D eigenvalue weighted by Gasteiger charge is -2.08. The molecule has 0 aliphatic rings. The Morgan fingerprint density at radius 2 is 2.15 bits per heavy atom. The van der Waals surface area contributed by atoms with E-state index in [4.69, 9.17) is 5.11 Å². The van der Waals surface area contributed by atoms with Gasteiger partial charge in [0, 0.05) is 18.3 Å². The van der Waals surface area contributed by atoms with Crippen molar-refractivity contribution in [2.75, 3.05) is 12.4 Å². The average molecular weight is 204 g/mol. The van der Waals surface area contributed by atoms with Crippen molar-refractivity contribution in [1.82, 2.24) is 0 Å². The molecule has 0 rings (SSSR count). The molecule has 0 amide bonds. The Kier molecular flexibility index (Phi) is 8.56. The zero-order chi connectivity index (χ0) is 10.1. The molecule has 3 heteroatoms. The number of aliphatic hydroxyl groups is 1. The van der Waals surface area contributed by atoms with Crippen molar-refractivity contribution in [3.63, 3.8) is 0 Å². The van der Waals surface area contributed by atoms with Crippen molar-refractivity contribution in [1.29, 1.82) is 0 Å². The standard InChI is InChI=1S/C10H20O2S/c1-9(12)5-3-4-8-13-10(2)6-7-11/h10-11H,3-8H2,1-2H3. The third kappa shape index (κ3) is 9.90. The van der Waals surface area contributed by atoms with Crippen LogP contribution in [0.25, 0.3) is 0 Å². The van der Waals surface area contributed by atoms with Crippen LogP contribution >= 0.6 is 11.8 Å². The molecule has 1 atom stereocenters. The van der Waals surface area contributed by atoms with E-state index in [0.717, 1.165) is 31.4 Å². The van der Waals surface area contributed by atoms with E-state index in [-0.39, 0.29) is 12.4 Å².